The molecule has 0 heterocycles. The number of amides is 1. The van der Waals surface area contributed by atoms with E-state index in [1.165, 1.54) is 0 Å². The number of nitrogens with one attached hydrogen (secondary N) is 1. The summed E-state index contributed by atoms with van der Waals surface area (Å²) in [6.07, 6.45) is 0. The molecule has 0 unspecified atom stereocenters. The standard InChI is InChI=1S/C8H8NO2/c10-6-9-8(11)7-4-2-1-3-5-7/h1-6,10H,(H,9,11). The van der Waals surface area contributed by atoms with E-state index in [9.17, 15) is 4.79 Å². The van der Waals surface area contributed by atoms with Crippen molar-refractivity contribution in [1.29, 1.82) is 0 Å². The summed E-state index contributed by atoms with van der Waals surface area (Å²) in [5.74, 6) is -0.312. The largest absolute Gasteiger partial charge is 0.369 e. The monoisotopic (exact) mass is 150 g/mol. The van der Waals surface area contributed by atoms with Crippen LogP contribution in [0.1, 0.15) is 10.4 Å². The third kappa shape index (κ3) is 2.05. The fraction of sp³-hybridized carbons (Fsp3) is 0. The molecule has 0 spiro atoms. The van der Waals surface area contributed by atoms with Crippen LogP contribution in [0.4, 0.5) is 0 Å². The van der Waals surface area contributed by atoms with E-state index >= 15 is 0 Å². The van der Waals surface area contributed by atoms with E-state index in [2.05, 4.69) is 5.32 Å². The first kappa shape index (κ1) is 7.75. The van der Waals surface area contributed by atoms with Gasteiger partial charge in [0.1, 0.15) is 0 Å². The van der Waals surface area contributed by atoms with E-state index in [0.29, 0.717) is 12.3 Å². The molecule has 0 aromatic heterocycles. The van der Waals surface area contributed by atoms with Gasteiger partial charge in [0, 0.05) is 5.56 Å². The quantitative estimate of drug-likeness (QED) is 0.658. The maximum absolute atomic E-state index is 10.9. The molecule has 0 aliphatic heterocycles. The molecule has 11 heavy (non-hydrogen) atoms. The molecule has 1 aromatic rings. The summed E-state index contributed by atoms with van der Waals surface area (Å²) in [6.45, 7) is 0.620. The van der Waals surface area contributed by atoms with Crippen molar-refractivity contribution < 1.29 is 9.90 Å². The SMILES string of the molecule is O=C(N[CH]O)c1ccccc1. The van der Waals surface area contributed by atoms with Crippen molar-refractivity contribution in [3.8, 4) is 0 Å². The molecule has 0 fully saturated rings. The first-order valence-corrected chi connectivity index (χ1v) is 3.16. The Kier molecular flexibility index (Phi) is 2.63. The number of aliphatic hydroxyl groups is 1. The number of carbonyl (C=O) groups is 1. The molecule has 2 N–H and O–H groups in total. The highest BCUT2D eigenvalue weighted by Crippen LogP contribution is 1.96. The average molecular weight is 150 g/mol. The average Bonchev–Trinajstić information content (AvgIpc) is 2.07. The topological polar surface area (TPSA) is 49.3 Å². The first-order valence-electron chi connectivity index (χ1n) is 3.16. The van der Waals surface area contributed by atoms with Gasteiger partial charge in [-0.3, -0.25) is 4.79 Å². The molecule has 1 radical (unpaired) electrons. The number of rotatable bonds is 2. The highest BCUT2D eigenvalue weighted by molar-refractivity contribution is 5.94. The maximum Gasteiger partial charge on any atom is 0.253 e. The van der Waals surface area contributed by atoms with Gasteiger partial charge in [-0.15, -0.1) is 0 Å². The molecule has 3 heteroatoms. The predicted molar refractivity (Wildman–Crippen MR) is 40.1 cm³/mol. The number of aliphatic hydroxyl groups excluding tert-OH is 1. The highest BCUT2D eigenvalue weighted by atomic mass is 16.3. The summed E-state index contributed by atoms with van der Waals surface area (Å²) >= 11 is 0. The Labute approximate surface area is 64.7 Å². The predicted octanol–water partition coefficient (Wildman–Crippen LogP) is 0.908. The Morgan fingerprint density at radius 3 is 2.55 bits per heavy atom. The van der Waals surface area contributed by atoms with Crippen LogP contribution in [0.25, 0.3) is 0 Å². The molecule has 1 amide bonds. The van der Waals surface area contributed by atoms with Crippen LogP contribution in [-0.4, -0.2) is 11.0 Å². The summed E-state index contributed by atoms with van der Waals surface area (Å²) in [5, 5.41) is 10.4. The molecule has 1 rings (SSSR count). The van der Waals surface area contributed by atoms with Crippen LogP contribution in [0, 0.1) is 6.73 Å². The van der Waals surface area contributed by atoms with Crippen LogP contribution in [0.2, 0.25) is 0 Å². The summed E-state index contributed by atoms with van der Waals surface area (Å²) in [5.41, 5.74) is 0.526. The first-order chi connectivity index (χ1) is 5.34. The molecule has 3 nitrogen and oxygen atoms in total. The van der Waals surface area contributed by atoms with Gasteiger partial charge in [-0.2, -0.15) is 0 Å². The summed E-state index contributed by atoms with van der Waals surface area (Å²) in [4.78, 5) is 10.9. The van der Waals surface area contributed by atoms with Crippen LogP contribution in [0.5, 0.6) is 0 Å². The van der Waals surface area contributed by atoms with Gasteiger partial charge in [-0.25, -0.2) is 0 Å². The van der Waals surface area contributed by atoms with Crippen molar-refractivity contribution in [3.63, 3.8) is 0 Å². The zero-order valence-electron chi connectivity index (χ0n) is 5.82. The zero-order valence-corrected chi connectivity index (χ0v) is 5.82. The summed E-state index contributed by atoms with van der Waals surface area (Å²) in [7, 11) is 0. The van der Waals surface area contributed by atoms with Gasteiger partial charge >= 0.3 is 0 Å². The molecular weight excluding hydrogens is 142 g/mol. The van der Waals surface area contributed by atoms with E-state index in [1.807, 2.05) is 6.07 Å². The minimum absolute atomic E-state index is 0.312. The van der Waals surface area contributed by atoms with E-state index in [4.69, 9.17) is 5.11 Å². The second-order valence-corrected chi connectivity index (χ2v) is 1.97. The molecular formula is C8H8NO2. The van der Waals surface area contributed by atoms with Crippen LogP contribution in [-0.2, 0) is 0 Å². The van der Waals surface area contributed by atoms with Crippen molar-refractivity contribution >= 4 is 5.91 Å². The minimum Gasteiger partial charge on any atom is -0.369 e. The Morgan fingerprint density at radius 2 is 2.00 bits per heavy atom. The zero-order chi connectivity index (χ0) is 8.10. The minimum atomic E-state index is -0.312. The van der Waals surface area contributed by atoms with Gasteiger partial charge < -0.3 is 10.4 Å². The Morgan fingerprint density at radius 1 is 1.36 bits per heavy atom. The maximum atomic E-state index is 10.9. The van der Waals surface area contributed by atoms with Crippen LogP contribution >= 0.6 is 0 Å². The summed E-state index contributed by atoms with van der Waals surface area (Å²) in [6, 6.07) is 8.66. The van der Waals surface area contributed by atoms with E-state index in [0.717, 1.165) is 0 Å². The van der Waals surface area contributed by atoms with Gasteiger partial charge in [0.25, 0.3) is 5.91 Å². The van der Waals surface area contributed by atoms with Gasteiger partial charge in [0.15, 0.2) is 6.73 Å². The number of carbonyl (C=O) groups excluding carboxylic acids is 1. The molecule has 0 aliphatic carbocycles. The lowest BCUT2D eigenvalue weighted by atomic mass is 10.2. The van der Waals surface area contributed by atoms with Crippen molar-refractivity contribution in [2.45, 2.75) is 0 Å². The van der Waals surface area contributed by atoms with Gasteiger partial charge in [0.05, 0.1) is 0 Å². The van der Waals surface area contributed by atoms with E-state index < -0.39 is 0 Å². The lowest BCUT2D eigenvalue weighted by molar-refractivity contribution is 0.0942. The molecule has 1 aromatic carbocycles. The third-order valence-corrected chi connectivity index (χ3v) is 1.23. The van der Waals surface area contributed by atoms with Crippen molar-refractivity contribution in [3.05, 3.63) is 42.6 Å². The van der Waals surface area contributed by atoms with Crippen LogP contribution in [0.3, 0.4) is 0 Å². The van der Waals surface area contributed by atoms with Crippen LogP contribution in [0.15, 0.2) is 30.3 Å². The molecule has 57 valence electrons. The van der Waals surface area contributed by atoms with Gasteiger partial charge in [-0.05, 0) is 12.1 Å². The van der Waals surface area contributed by atoms with E-state index in [1.54, 1.807) is 24.3 Å². The van der Waals surface area contributed by atoms with Crippen molar-refractivity contribution in [1.82, 2.24) is 5.32 Å². The lowest BCUT2D eigenvalue weighted by Gasteiger charge is -1.98. The fourth-order valence-electron chi connectivity index (χ4n) is 0.731. The second-order valence-electron chi connectivity index (χ2n) is 1.97. The smallest absolute Gasteiger partial charge is 0.253 e. The second kappa shape index (κ2) is 3.73. The molecule has 0 atom stereocenters. The van der Waals surface area contributed by atoms with Gasteiger partial charge in [-0.1, -0.05) is 18.2 Å². The molecule has 0 aliphatic rings. The molecule has 0 saturated carbocycles. The third-order valence-electron chi connectivity index (χ3n) is 1.23. The molecule has 0 bridgehead atoms. The lowest BCUT2D eigenvalue weighted by Crippen LogP contribution is -2.19. The number of hydrogen-bond donors (Lipinski definition) is 2. The van der Waals surface area contributed by atoms with Crippen LogP contribution < -0.4 is 5.32 Å². The van der Waals surface area contributed by atoms with Crippen molar-refractivity contribution in [2.24, 2.45) is 0 Å². The normalized spacial score (nSPS) is 9.18. The van der Waals surface area contributed by atoms with Gasteiger partial charge in [0.2, 0.25) is 0 Å². The summed E-state index contributed by atoms with van der Waals surface area (Å²) < 4.78 is 0. The Bertz CT molecular complexity index is 233. The van der Waals surface area contributed by atoms with Crippen molar-refractivity contribution in [2.75, 3.05) is 0 Å². The van der Waals surface area contributed by atoms with E-state index in [-0.39, 0.29) is 5.91 Å². The Hall–Kier alpha value is -1.35. The Balaban J connectivity index is 2.69. The fourth-order valence-corrected chi connectivity index (χ4v) is 0.731. The highest BCUT2D eigenvalue weighted by Gasteiger charge is 2.00. The number of hydrogen-bond acceptors (Lipinski definition) is 2. The molecule has 0 saturated heterocycles. The number of benzene rings is 1.